The molecule has 0 spiro atoms. The van der Waals surface area contributed by atoms with E-state index in [1.807, 2.05) is 0 Å². The minimum Gasteiger partial charge on any atom is -0.497 e. The van der Waals surface area contributed by atoms with Crippen LogP contribution >= 0.6 is 0 Å². The molecule has 0 bridgehead atoms. The average Bonchev–Trinajstić information content (AvgIpc) is 2.46. The van der Waals surface area contributed by atoms with Gasteiger partial charge in [0.05, 0.1) is 17.7 Å². The lowest BCUT2D eigenvalue weighted by atomic mass is 10.3. The Morgan fingerprint density at radius 2 is 1.85 bits per heavy atom. The number of hydrogen-bond donors (Lipinski definition) is 1. The molecule has 0 saturated carbocycles. The van der Waals surface area contributed by atoms with Crippen LogP contribution in [0.15, 0.2) is 47.5 Å². The van der Waals surface area contributed by atoms with Crippen LogP contribution in [0.4, 0.5) is 11.5 Å². The number of pyridine rings is 1. The lowest BCUT2D eigenvalue weighted by Crippen LogP contribution is -2.26. The molecule has 7 heteroatoms. The molecule has 0 saturated heterocycles. The van der Waals surface area contributed by atoms with Gasteiger partial charge in [-0.05, 0) is 30.3 Å². The van der Waals surface area contributed by atoms with E-state index < -0.39 is 10.0 Å². The predicted octanol–water partition coefficient (Wildman–Crippen LogP) is 1.50. The van der Waals surface area contributed by atoms with E-state index in [9.17, 15) is 8.42 Å². The molecule has 1 heterocycles. The maximum absolute atomic E-state index is 12.5. The Kier molecular flexibility index (Phi) is 3.80. The molecule has 2 N–H and O–H groups in total. The number of nitrogens with zero attached hydrogens (tertiary/aromatic N) is 2. The van der Waals surface area contributed by atoms with Gasteiger partial charge in [0, 0.05) is 19.3 Å². The van der Waals surface area contributed by atoms with Crippen molar-refractivity contribution in [3.8, 4) is 5.75 Å². The van der Waals surface area contributed by atoms with Crippen molar-refractivity contribution < 1.29 is 13.2 Å². The van der Waals surface area contributed by atoms with Crippen LogP contribution in [0.25, 0.3) is 0 Å². The van der Waals surface area contributed by atoms with Gasteiger partial charge in [0.1, 0.15) is 11.6 Å². The summed E-state index contributed by atoms with van der Waals surface area (Å²) in [4.78, 5) is 3.89. The number of sulfonamides is 1. The molecule has 0 atom stereocenters. The van der Waals surface area contributed by atoms with Crippen LogP contribution in [0.2, 0.25) is 0 Å². The first-order chi connectivity index (χ1) is 9.45. The van der Waals surface area contributed by atoms with Gasteiger partial charge in [-0.2, -0.15) is 0 Å². The summed E-state index contributed by atoms with van der Waals surface area (Å²) in [7, 11) is -0.631. The van der Waals surface area contributed by atoms with Crippen molar-refractivity contribution in [2.24, 2.45) is 0 Å². The minimum absolute atomic E-state index is 0.100. The highest BCUT2D eigenvalue weighted by Crippen LogP contribution is 2.24. The molecule has 6 nitrogen and oxygen atoms in total. The van der Waals surface area contributed by atoms with Crippen LogP contribution in [-0.2, 0) is 10.0 Å². The quantitative estimate of drug-likeness (QED) is 0.923. The van der Waals surface area contributed by atoms with Crippen molar-refractivity contribution in [1.29, 1.82) is 0 Å². The van der Waals surface area contributed by atoms with Gasteiger partial charge >= 0.3 is 0 Å². The number of rotatable bonds is 4. The maximum Gasteiger partial charge on any atom is 0.264 e. The van der Waals surface area contributed by atoms with Crippen LogP contribution in [0.3, 0.4) is 0 Å². The first kappa shape index (κ1) is 14.1. The Balaban J connectivity index is 2.37. The van der Waals surface area contributed by atoms with Crippen LogP contribution in [0, 0.1) is 0 Å². The van der Waals surface area contributed by atoms with E-state index >= 15 is 0 Å². The molecule has 0 amide bonds. The summed E-state index contributed by atoms with van der Waals surface area (Å²) >= 11 is 0. The highest BCUT2D eigenvalue weighted by molar-refractivity contribution is 7.92. The fraction of sp³-hybridized carbons (Fsp3) is 0.154. The van der Waals surface area contributed by atoms with Crippen molar-refractivity contribution in [1.82, 2.24) is 4.98 Å². The molecule has 2 rings (SSSR count). The molecule has 0 unspecified atom stereocenters. The molecule has 106 valence electrons. The van der Waals surface area contributed by atoms with Crippen molar-refractivity contribution in [2.45, 2.75) is 4.90 Å². The van der Waals surface area contributed by atoms with Crippen molar-refractivity contribution in [3.63, 3.8) is 0 Å². The van der Waals surface area contributed by atoms with Crippen LogP contribution in [-0.4, -0.2) is 27.6 Å². The normalized spacial score (nSPS) is 11.1. The summed E-state index contributed by atoms with van der Waals surface area (Å²) in [6.07, 6.45) is 1.37. The molecular weight excluding hydrogens is 278 g/mol. The van der Waals surface area contributed by atoms with Gasteiger partial charge in [0.25, 0.3) is 10.0 Å². The van der Waals surface area contributed by atoms with Crippen LogP contribution in [0.1, 0.15) is 0 Å². The van der Waals surface area contributed by atoms with Crippen molar-refractivity contribution >= 4 is 21.5 Å². The number of benzene rings is 1. The maximum atomic E-state index is 12.5. The standard InChI is InChI=1S/C13H15N3O3S/c1-16(10-3-5-11(19-2)6-4-10)20(17,18)12-7-8-15-13(14)9-12/h3-9H,1-2H3,(H2,14,15). The summed E-state index contributed by atoms with van der Waals surface area (Å²) in [6, 6.07) is 9.47. The second-order valence-corrected chi connectivity index (χ2v) is 6.06. The Bertz CT molecular complexity index is 699. The van der Waals surface area contributed by atoms with Crippen molar-refractivity contribution in [2.75, 3.05) is 24.2 Å². The first-order valence-corrected chi connectivity index (χ1v) is 7.23. The Morgan fingerprint density at radius 1 is 1.20 bits per heavy atom. The summed E-state index contributed by atoms with van der Waals surface area (Å²) in [6.45, 7) is 0. The Hall–Kier alpha value is -2.28. The number of nitrogens with two attached hydrogens (primary N) is 1. The lowest BCUT2D eigenvalue weighted by molar-refractivity contribution is 0.415. The lowest BCUT2D eigenvalue weighted by Gasteiger charge is -2.19. The smallest absolute Gasteiger partial charge is 0.264 e. The van der Waals surface area contributed by atoms with E-state index in [0.29, 0.717) is 11.4 Å². The number of methoxy groups -OCH3 is 1. The molecule has 0 aliphatic heterocycles. The molecule has 1 aromatic carbocycles. The van der Waals surface area contributed by atoms with Gasteiger partial charge < -0.3 is 10.5 Å². The molecule has 0 fully saturated rings. The van der Waals surface area contributed by atoms with Crippen molar-refractivity contribution in [3.05, 3.63) is 42.6 Å². The van der Waals surface area contributed by atoms with Gasteiger partial charge in [0.15, 0.2) is 0 Å². The highest BCUT2D eigenvalue weighted by Gasteiger charge is 2.21. The van der Waals surface area contributed by atoms with E-state index in [1.165, 1.54) is 29.7 Å². The SMILES string of the molecule is COc1ccc(N(C)S(=O)(=O)c2ccnc(N)c2)cc1. The van der Waals surface area contributed by atoms with Gasteiger partial charge in [0.2, 0.25) is 0 Å². The highest BCUT2D eigenvalue weighted by atomic mass is 32.2. The third-order valence-corrected chi connectivity index (χ3v) is 4.63. The Labute approximate surface area is 117 Å². The number of ether oxygens (including phenoxy) is 1. The second kappa shape index (κ2) is 5.38. The van der Waals surface area contributed by atoms with Gasteiger partial charge in [-0.1, -0.05) is 0 Å². The monoisotopic (exact) mass is 293 g/mol. The van der Waals surface area contributed by atoms with E-state index in [0.717, 1.165) is 0 Å². The third-order valence-electron chi connectivity index (χ3n) is 2.85. The fourth-order valence-corrected chi connectivity index (χ4v) is 2.90. The fourth-order valence-electron chi connectivity index (χ4n) is 1.68. The van der Waals surface area contributed by atoms with Gasteiger partial charge in [-0.3, -0.25) is 4.31 Å². The number of aromatic nitrogens is 1. The molecule has 0 aliphatic carbocycles. The van der Waals surface area contributed by atoms with Gasteiger partial charge in [-0.25, -0.2) is 13.4 Å². The first-order valence-electron chi connectivity index (χ1n) is 5.79. The average molecular weight is 293 g/mol. The Morgan fingerprint density at radius 3 is 2.40 bits per heavy atom. The van der Waals surface area contributed by atoms with Crippen LogP contribution < -0.4 is 14.8 Å². The number of hydrogen-bond acceptors (Lipinski definition) is 5. The molecule has 2 aromatic rings. The molecule has 0 aliphatic rings. The zero-order valence-corrected chi connectivity index (χ0v) is 12.0. The summed E-state index contributed by atoms with van der Waals surface area (Å²) in [5, 5.41) is 0. The van der Waals surface area contributed by atoms with E-state index in [1.54, 1.807) is 31.4 Å². The zero-order valence-electron chi connectivity index (χ0n) is 11.1. The largest absolute Gasteiger partial charge is 0.497 e. The molecular formula is C13H15N3O3S. The predicted molar refractivity (Wildman–Crippen MR) is 77.2 cm³/mol. The summed E-state index contributed by atoms with van der Waals surface area (Å²) in [5.41, 5.74) is 6.05. The number of anilines is 2. The van der Waals surface area contributed by atoms with E-state index in [2.05, 4.69) is 4.98 Å². The second-order valence-electron chi connectivity index (χ2n) is 4.09. The third kappa shape index (κ3) is 2.67. The molecule has 0 radical (unpaired) electrons. The summed E-state index contributed by atoms with van der Waals surface area (Å²) < 4.78 is 31.1. The van der Waals surface area contributed by atoms with E-state index in [-0.39, 0.29) is 10.7 Å². The zero-order chi connectivity index (χ0) is 14.8. The topological polar surface area (TPSA) is 85.5 Å². The molecule has 1 aromatic heterocycles. The number of nitrogen functional groups attached to an aromatic ring is 1. The summed E-state index contributed by atoms with van der Waals surface area (Å²) in [5.74, 6) is 0.821. The van der Waals surface area contributed by atoms with Gasteiger partial charge in [-0.15, -0.1) is 0 Å². The van der Waals surface area contributed by atoms with Crippen LogP contribution in [0.5, 0.6) is 5.75 Å². The van der Waals surface area contributed by atoms with E-state index in [4.69, 9.17) is 10.5 Å². The molecule has 20 heavy (non-hydrogen) atoms. The minimum atomic E-state index is -3.66.